The van der Waals surface area contributed by atoms with Gasteiger partial charge in [0.1, 0.15) is 22.4 Å². The molecule has 0 unspecified atom stereocenters. The van der Waals surface area contributed by atoms with Gasteiger partial charge in [-0.15, -0.1) is 0 Å². The molecule has 0 atom stereocenters. The average molecular weight is 948 g/mol. The zero-order valence-corrected chi connectivity index (χ0v) is 44.0. The van der Waals surface area contributed by atoms with Crippen LogP contribution in [0.15, 0.2) is 79.4 Å². The number of rotatable bonds is 2. The Kier molecular flexibility index (Phi) is 40.6. The summed E-state index contributed by atoms with van der Waals surface area (Å²) in [6.45, 7) is 29.2. The maximum Gasteiger partial charge on any atom is 0.417 e. The van der Waals surface area contributed by atoms with Crippen LogP contribution in [0.5, 0.6) is 0 Å². The highest BCUT2D eigenvalue weighted by Crippen LogP contribution is 2.10. The Morgan fingerprint density at radius 3 is 0.970 bits per heavy atom. The maximum absolute atomic E-state index is 11.3. The molecule has 9 N–H and O–H groups in total. The molecule has 67 heavy (non-hydrogen) atoms. The molecule has 2 aromatic heterocycles. The Hall–Kier alpha value is -5.10. The van der Waals surface area contributed by atoms with Gasteiger partial charge < -0.3 is 60.8 Å². The number of piperidine rings is 1. The second-order valence-corrected chi connectivity index (χ2v) is 18.9. The summed E-state index contributed by atoms with van der Waals surface area (Å²) in [4.78, 5) is 49.8. The van der Waals surface area contributed by atoms with Crippen LogP contribution >= 0.6 is 0 Å². The fraction of sp³-hybridized carbons (Fsp3) is 0.640. The van der Waals surface area contributed by atoms with Crippen molar-refractivity contribution in [3.8, 4) is 0 Å². The van der Waals surface area contributed by atoms with Gasteiger partial charge in [0.2, 0.25) is 0 Å². The molecule has 0 bridgehead atoms. The minimum atomic E-state index is -0.809. The number of imide groups is 1. The summed E-state index contributed by atoms with van der Waals surface area (Å²) < 4.78 is 19.7. The highest BCUT2D eigenvalue weighted by atomic mass is 16.6. The fourth-order valence-electron chi connectivity index (χ4n) is 4.26. The smallest absolute Gasteiger partial charge is 0.417 e. The van der Waals surface area contributed by atoms with Gasteiger partial charge in [-0.1, -0.05) is 36.8 Å². The number of amides is 4. The number of hydrogen-bond donors (Lipinski definition) is 9. The summed E-state index contributed by atoms with van der Waals surface area (Å²) in [6.07, 6.45) is 13.5. The topological polar surface area (TPSA) is 221 Å². The van der Waals surface area contributed by atoms with Gasteiger partial charge in [0.15, 0.2) is 0 Å². The van der Waals surface area contributed by atoms with Crippen molar-refractivity contribution in [1.29, 1.82) is 0 Å². The van der Waals surface area contributed by atoms with Crippen LogP contribution in [-0.2, 0) is 25.5 Å². The van der Waals surface area contributed by atoms with Crippen LogP contribution < -0.4 is 37.2 Å². The number of hydrogen-bond acceptors (Lipinski definition) is 12. The molecular formula is C50H93N9O8. The molecule has 1 aromatic carbocycles. The van der Waals surface area contributed by atoms with Crippen LogP contribution in [-0.4, -0.2) is 117 Å². The Balaban J connectivity index is -0.000000724. The van der Waals surface area contributed by atoms with Gasteiger partial charge in [-0.3, -0.25) is 0 Å². The molecule has 0 radical (unpaired) electrons. The number of carbonyl (C=O) groups is 4. The zero-order valence-electron chi connectivity index (χ0n) is 44.0. The molecule has 4 amide bonds. The summed E-state index contributed by atoms with van der Waals surface area (Å²) in [6, 6.07) is 17.5. The van der Waals surface area contributed by atoms with E-state index < -0.39 is 29.0 Å². The second-order valence-electron chi connectivity index (χ2n) is 18.9. The van der Waals surface area contributed by atoms with Gasteiger partial charge in [0, 0.05) is 38.4 Å². The molecular weight excluding hydrogens is 855 g/mol. The van der Waals surface area contributed by atoms with Gasteiger partial charge in [0.25, 0.3) is 0 Å². The predicted octanol–water partition coefficient (Wildman–Crippen LogP) is 9.27. The minimum absolute atomic E-state index is 0.383. The second kappa shape index (κ2) is 41.1. The van der Waals surface area contributed by atoms with E-state index in [-0.39, 0.29) is 17.8 Å². The van der Waals surface area contributed by atoms with Crippen LogP contribution in [0.1, 0.15) is 127 Å². The van der Waals surface area contributed by atoms with E-state index in [0.29, 0.717) is 6.54 Å². The molecule has 17 heteroatoms. The van der Waals surface area contributed by atoms with E-state index in [1.54, 1.807) is 41.5 Å². The third kappa shape index (κ3) is 60.9. The van der Waals surface area contributed by atoms with E-state index >= 15 is 0 Å². The zero-order chi connectivity index (χ0) is 51.5. The van der Waals surface area contributed by atoms with Crippen molar-refractivity contribution in [3.63, 3.8) is 0 Å². The third-order valence-corrected chi connectivity index (χ3v) is 7.15. The van der Waals surface area contributed by atoms with Crippen molar-refractivity contribution >= 4 is 24.4 Å². The summed E-state index contributed by atoms with van der Waals surface area (Å²) >= 11 is 0. The predicted molar refractivity (Wildman–Crippen MR) is 273 cm³/mol. The number of nitrogens with one attached hydrogen (secondary N) is 9. The van der Waals surface area contributed by atoms with Crippen molar-refractivity contribution in [3.05, 3.63) is 84.9 Å². The SMILES string of the molecule is C1CCNC1.C1CCNCC1.C1CNC1.CC(C)(C)OC(=O)NC(=O)OC(C)(C)C.CC(C)(C)OC(=O)NCc1ccccc1.CNC.CNC(=O)OC(C)(C)C.c1cc[nH]c1.c1cc[nH]c1. The summed E-state index contributed by atoms with van der Waals surface area (Å²) in [5.74, 6) is 0. The van der Waals surface area contributed by atoms with Gasteiger partial charge in [-0.25, -0.2) is 24.5 Å². The highest BCUT2D eigenvalue weighted by Gasteiger charge is 2.22. The van der Waals surface area contributed by atoms with E-state index in [4.69, 9.17) is 18.9 Å². The Labute approximate surface area is 404 Å². The number of carbonyl (C=O) groups excluding carboxylic acids is 4. The molecule has 0 saturated carbocycles. The van der Waals surface area contributed by atoms with Crippen molar-refractivity contribution in [2.75, 3.05) is 60.4 Å². The first-order valence-electron chi connectivity index (χ1n) is 23.3. The molecule has 5 heterocycles. The molecule has 3 saturated heterocycles. The Morgan fingerprint density at radius 1 is 0.448 bits per heavy atom. The lowest BCUT2D eigenvalue weighted by molar-refractivity contribution is 0.0350. The van der Waals surface area contributed by atoms with Crippen molar-refractivity contribution in [1.82, 2.24) is 47.2 Å². The number of alkyl carbamates (subject to hydrolysis) is 4. The normalized spacial score (nSPS) is 13.4. The van der Waals surface area contributed by atoms with Crippen LogP contribution in [0.2, 0.25) is 0 Å². The third-order valence-electron chi connectivity index (χ3n) is 7.15. The molecule has 386 valence electrons. The van der Waals surface area contributed by atoms with E-state index in [2.05, 4.69) is 41.9 Å². The fourth-order valence-corrected chi connectivity index (χ4v) is 4.26. The average Bonchev–Trinajstić information content (AvgIpc) is 4.05. The lowest BCUT2D eigenvalue weighted by Gasteiger charge is -2.22. The minimum Gasteiger partial charge on any atom is -0.444 e. The van der Waals surface area contributed by atoms with E-state index in [1.165, 1.54) is 84.8 Å². The number of benzene rings is 1. The van der Waals surface area contributed by atoms with Gasteiger partial charge in [0.05, 0.1) is 0 Å². The molecule has 0 spiro atoms. The van der Waals surface area contributed by atoms with Crippen LogP contribution in [0.25, 0.3) is 0 Å². The van der Waals surface area contributed by atoms with Crippen molar-refractivity contribution in [2.45, 2.75) is 151 Å². The van der Waals surface area contributed by atoms with Crippen LogP contribution in [0.4, 0.5) is 19.2 Å². The first-order valence-corrected chi connectivity index (χ1v) is 23.3. The van der Waals surface area contributed by atoms with Crippen LogP contribution in [0, 0.1) is 0 Å². The standard InChI is InChI=1S/C12H17NO2.C10H19NO4.C6H13NO2.C5H11N.C4H9N.2C4H5N.C3H7N.C2H7N/c1-12(2,3)15-11(14)13-9-10-7-5-4-6-8-10;1-9(2,3)14-7(12)11-8(13)15-10(4,5)6;1-6(2,3)9-5(8)7-4;1-2-4-6-5-3-1;3*1-2-4-5-3-1;1-2-4-3-1;1-3-2/h4-8H,9H2,1-3H3,(H,13,14);1-6H3,(H,11,12,13);1-4H3,(H,7,8);6H,1-5H2;5H,1-4H2;2*1-5H;4H,1-3H2;3H,1-2H3. The largest absolute Gasteiger partial charge is 0.444 e. The van der Waals surface area contributed by atoms with Crippen LogP contribution in [0.3, 0.4) is 0 Å². The summed E-state index contributed by atoms with van der Waals surface area (Å²) in [5, 5.41) is 19.4. The molecule has 3 aromatic rings. The van der Waals surface area contributed by atoms with Gasteiger partial charge in [-0.2, -0.15) is 0 Å². The van der Waals surface area contributed by atoms with Gasteiger partial charge >= 0.3 is 24.4 Å². The highest BCUT2D eigenvalue weighted by molar-refractivity contribution is 5.87. The van der Waals surface area contributed by atoms with Crippen molar-refractivity contribution in [2.24, 2.45) is 0 Å². The van der Waals surface area contributed by atoms with Crippen molar-refractivity contribution < 1.29 is 38.1 Å². The lowest BCUT2D eigenvalue weighted by atomic mass is 10.2. The summed E-state index contributed by atoms with van der Waals surface area (Å²) in [7, 11) is 5.29. The van der Waals surface area contributed by atoms with E-state index in [1.807, 2.05) is 140 Å². The Morgan fingerprint density at radius 2 is 0.746 bits per heavy atom. The number of ether oxygens (including phenoxy) is 4. The van der Waals surface area contributed by atoms with E-state index in [0.717, 1.165) is 5.56 Å². The molecule has 17 nitrogen and oxygen atoms in total. The van der Waals surface area contributed by atoms with Gasteiger partial charge in [-0.05, 0) is 198 Å². The monoisotopic (exact) mass is 948 g/mol. The number of aromatic nitrogens is 2. The lowest BCUT2D eigenvalue weighted by Crippen LogP contribution is -2.39. The summed E-state index contributed by atoms with van der Waals surface area (Å²) in [5.41, 5.74) is -1.04. The molecule has 0 aliphatic carbocycles. The Bertz CT molecular complexity index is 1430. The maximum atomic E-state index is 11.3. The first kappa shape index (κ1) is 66.2. The molecule has 6 rings (SSSR count). The molecule has 3 aliphatic heterocycles. The first-order chi connectivity index (χ1) is 31.3. The molecule has 3 fully saturated rings. The van der Waals surface area contributed by atoms with E-state index in [9.17, 15) is 19.2 Å². The number of aromatic amines is 2. The quantitative estimate of drug-likeness (QED) is 0.110. The number of H-pyrrole nitrogens is 2. The molecule has 3 aliphatic rings.